The molecule has 0 unspecified atom stereocenters. The van der Waals surface area contributed by atoms with Crippen molar-refractivity contribution < 1.29 is 4.92 Å². The Labute approximate surface area is 93.4 Å². The average molecular weight is 225 g/mol. The minimum Gasteiger partial charge on any atom is -0.362 e. The third kappa shape index (κ3) is 2.56. The second-order valence-electron chi connectivity index (χ2n) is 3.64. The van der Waals surface area contributed by atoms with Gasteiger partial charge in [-0.15, -0.1) is 0 Å². The van der Waals surface area contributed by atoms with E-state index in [1.165, 1.54) is 0 Å². The molecule has 88 valence electrons. The van der Waals surface area contributed by atoms with Crippen LogP contribution >= 0.6 is 0 Å². The Morgan fingerprint density at radius 3 is 2.44 bits per heavy atom. The van der Waals surface area contributed by atoms with Gasteiger partial charge in [-0.25, -0.2) is 4.98 Å². The summed E-state index contributed by atoms with van der Waals surface area (Å²) in [6.07, 6.45) is 0. The normalized spacial score (nSPS) is 10.3. The van der Waals surface area contributed by atoms with Crippen molar-refractivity contribution in [2.24, 2.45) is 0 Å². The topological polar surface area (TPSA) is 93.0 Å². The highest BCUT2D eigenvalue weighted by atomic mass is 16.6. The largest absolute Gasteiger partial charge is 0.362 e. The standard InChI is InChI=1S/C9H15N5O2/c1-5(2)11-8-7(14(15)16)6(3)12-9(10-4)13-8/h5H,1-4H3,(H2,10,11,12,13). The molecule has 0 aliphatic carbocycles. The van der Waals surface area contributed by atoms with Gasteiger partial charge in [-0.05, 0) is 20.8 Å². The van der Waals surface area contributed by atoms with E-state index in [4.69, 9.17) is 0 Å². The molecule has 7 heteroatoms. The van der Waals surface area contributed by atoms with Gasteiger partial charge in [0, 0.05) is 13.1 Å². The van der Waals surface area contributed by atoms with Crippen molar-refractivity contribution in [1.29, 1.82) is 0 Å². The van der Waals surface area contributed by atoms with Crippen LogP contribution in [0.2, 0.25) is 0 Å². The highest BCUT2D eigenvalue weighted by Crippen LogP contribution is 2.26. The first-order valence-corrected chi connectivity index (χ1v) is 4.93. The van der Waals surface area contributed by atoms with E-state index in [0.29, 0.717) is 11.6 Å². The second kappa shape index (κ2) is 4.73. The van der Waals surface area contributed by atoms with Crippen LogP contribution in [0.25, 0.3) is 0 Å². The van der Waals surface area contributed by atoms with Crippen LogP contribution in [-0.2, 0) is 0 Å². The zero-order chi connectivity index (χ0) is 12.3. The first-order valence-electron chi connectivity index (χ1n) is 4.93. The molecular weight excluding hydrogens is 210 g/mol. The van der Waals surface area contributed by atoms with Gasteiger partial charge in [0.25, 0.3) is 0 Å². The molecule has 1 aromatic heterocycles. The Kier molecular flexibility index (Phi) is 3.60. The van der Waals surface area contributed by atoms with Gasteiger partial charge in [0.05, 0.1) is 4.92 Å². The van der Waals surface area contributed by atoms with Crippen LogP contribution in [0, 0.1) is 17.0 Å². The molecule has 1 heterocycles. The molecule has 0 aliphatic heterocycles. The number of nitrogens with one attached hydrogen (secondary N) is 2. The summed E-state index contributed by atoms with van der Waals surface area (Å²) < 4.78 is 0. The van der Waals surface area contributed by atoms with Crippen molar-refractivity contribution in [1.82, 2.24) is 9.97 Å². The fourth-order valence-electron chi connectivity index (χ4n) is 1.27. The number of rotatable bonds is 4. The molecule has 0 aromatic carbocycles. The van der Waals surface area contributed by atoms with E-state index in [1.807, 2.05) is 13.8 Å². The van der Waals surface area contributed by atoms with E-state index < -0.39 is 4.92 Å². The second-order valence-corrected chi connectivity index (χ2v) is 3.64. The number of aromatic nitrogens is 2. The average Bonchev–Trinajstić information content (AvgIpc) is 2.14. The van der Waals surface area contributed by atoms with Gasteiger partial charge in [0.1, 0.15) is 5.69 Å². The summed E-state index contributed by atoms with van der Waals surface area (Å²) in [5.74, 6) is 0.614. The van der Waals surface area contributed by atoms with Crippen LogP contribution in [-0.4, -0.2) is 28.0 Å². The van der Waals surface area contributed by atoms with E-state index in [9.17, 15) is 10.1 Å². The van der Waals surface area contributed by atoms with Crippen molar-refractivity contribution in [3.63, 3.8) is 0 Å². The number of anilines is 2. The first-order chi connectivity index (χ1) is 7.45. The maximum atomic E-state index is 10.9. The number of aryl methyl sites for hydroxylation is 1. The summed E-state index contributed by atoms with van der Waals surface area (Å²) in [7, 11) is 1.67. The van der Waals surface area contributed by atoms with Crippen molar-refractivity contribution in [3.05, 3.63) is 15.8 Å². The van der Waals surface area contributed by atoms with Crippen LogP contribution in [0.15, 0.2) is 0 Å². The molecule has 1 aromatic rings. The summed E-state index contributed by atoms with van der Waals surface area (Å²) in [6, 6.07) is 0.0673. The lowest BCUT2D eigenvalue weighted by Gasteiger charge is -2.11. The molecule has 16 heavy (non-hydrogen) atoms. The maximum Gasteiger partial charge on any atom is 0.332 e. The molecule has 0 aliphatic rings. The van der Waals surface area contributed by atoms with Gasteiger partial charge in [-0.1, -0.05) is 0 Å². The lowest BCUT2D eigenvalue weighted by atomic mass is 10.3. The predicted molar refractivity (Wildman–Crippen MR) is 61.7 cm³/mol. The van der Waals surface area contributed by atoms with Gasteiger partial charge in [0.2, 0.25) is 11.8 Å². The van der Waals surface area contributed by atoms with Gasteiger partial charge >= 0.3 is 5.69 Å². The highest BCUT2D eigenvalue weighted by Gasteiger charge is 2.22. The number of nitrogens with zero attached hydrogens (tertiary/aromatic N) is 3. The quantitative estimate of drug-likeness (QED) is 0.596. The zero-order valence-electron chi connectivity index (χ0n) is 9.74. The third-order valence-corrected chi connectivity index (χ3v) is 1.89. The molecule has 0 radical (unpaired) electrons. The van der Waals surface area contributed by atoms with E-state index in [1.54, 1.807) is 14.0 Å². The summed E-state index contributed by atoms with van der Waals surface area (Å²) in [5, 5.41) is 16.6. The van der Waals surface area contributed by atoms with Crippen molar-refractivity contribution in [2.75, 3.05) is 17.7 Å². The molecule has 0 spiro atoms. The van der Waals surface area contributed by atoms with Crippen LogP contribution < -0.4 is 10.6 Å². The third-order valence-electron chi connectivity index (χ3n) is 1.89. The Morgan fingerprint density at radius 1 is 1.38 bits per heavy atom. The van der Waals surface area contributed by atoms with E-state index in [0.717, 1.165) is 0 Å². The van der Waals surface area contributed by atoms with Crippen LogP contribution in [0.4, 0.5) is 17.5 Å². The van der Waals surface area contributed by atoms with Crippen LogP contribution in [0.5, 0.6) is 0 Å². The fraction of sp³-hybridized carbons (Fsp3) is 0.556. The monoisotopic (exact) mass is 225 g/mol. The first kappa shape index (κ1) is 12.2. The molecule has 0 bridgehead atoms. The van der Waals surface area contributed by atoms with Crippen molar-refractivity contribution >= 4 is 17.5 Å². The molecule has 0 amide bonds. The van der Waals surface area contributed by atoms with E-state index in [2.05, 4.69) is 20.6 Å². The molecule has 2 N–H and O–H groups in total. The molecular formula is C9H15N5O2. The Balaban J connectivity index is 3.28. The molecule has 0 fully saturated rings. The van der Waals surface area contributed by atoms with E-state index in [-0.39, 0.29) is 17.5 Å². The van der Waals surface area contributed by atoms with E-state index >= 15 is 0 Å². The zero-order valence-corrected chi connectivity index (χ0v) is 9.74. The van der Waals surface area contributed by atoms with Crippen LogP contribution in [0.1, 0.15) is 19.5 Å². The Morgan fingerprint density at radius 2 is 2.00 bits per heavy atom. The summed E-state index contributed by atoms with van der Waals surface area (Å²) in [4.78, 5) is 18.4. The van der Waals surface area contributed by atoms with Crippen molar-refractivity contribution in [2.45, 2.75) is 26.8 Å². The smallest absolute Gasteiger partial charge is 0.332 e. The summed E-state index contributed by atoms with van der Waals surface area (Å²) in [6.45, 7) is 5.37. The van der Waals surface area contributed by atoms with Gasteiger partial charge in [-0.2, -0.15) is 4.98 Å². The van der Waals surface area contributed by atoms with Gasteiger partial charge in [-0.3, -0.25) is 10.1 Å². The van der Waals surface area contributed by atoms with Gasteiger partial charge in [0.15, 0.2) is 0 Å². The lowest BCUT2D eigenvalue weighted by Crippen LogP contribution is -2.15. The minimum absolute atomic E-state index is 0.0673. The molecule has 0 atom stereocenters. The number of hydrogen-bond donors (Lipinski definition) is 2. The number of nitro groups is 1. The number of hydrogen-bond acceptors (Lipinski definition) is 6. The molecule has 1 rings (SSSR count). The summed E-state index contributed by atoms with van der Waals surface area (Å²) >= 11 is 0. The SMILES string of the molecule is CNc1nc(C)c([N+](=O)[O-])c(NC(C)C)n1. The van der Waals surface area contributed by atoms with Crippen LogP contribution in [0.3, 0.4) is 0 Å². The van der Waals surface area contributed by atoms with Gasteiger partial charge < -0.3 is 10.6 Å². The molecule has 7 nitrogen and oxygen atoms in total. The lowest BCUT2D eigenvalue weighted by molar-refractivity contribution is -0.385. The fourth-order valence-corrected chi connectivity index (χ4v) is 1.27. The Hall–Kier alpha value is -1.92. The predicted octanol–water partition coefficient (Wildman–Crippen LogP) is 1.56. The van der Waals surface area contributed by atoms with Crippen molar-refractivity contribution in [3.8, 4) is 0 Å². The highest BCUT2D eigenvalue weighted by molar-refractivity contribution is 5.61. The Bertz CT molecular complexity index is 405. The molecule has 0 saturated heterocycles. The minimum atomic E-state index is -0.473. The molecule has 0 saturated carbocycles. The summed E-state index contributed by atoms with van der Waals surface area (Å²) in [5.41, 5.74) is 0.264. The maximum absolute atomic E-state index is 10.9.